The van der Waals surface area contributed by atoms with Crippen molar-refractivity contribution in [1.82, 2.24) is 4.72 Å². The maximum atomic E-state index is 14.0. The molecule has 33 heavy (non-hydrogen) atoms. The van der Waals surface area contributed by atoms with Gasteiger partial charge in [-0.3, -0.25) is 4.79 Å². The summed E-state index contributed by atoms with van der Waals surface area (Å²) in [5, 5.41) is 2.28. The summed E-state index contributed by atoms with van der Waals surface area (Å²) in [6.07, 6.45) is -0.00114. The number of sulfonamides is 1. The molecule has 1 unspecified atom stereocenters. The molecule has 6 nitrogen and oxygen atoms in total. The van der Waals surface area contributed by atoms with Crippen LogP contribution in [0.25, 0.3) is 0 Å². The lowest BCUT2D eigenvalue weighted by molar-refractivity contribution is -0.117. The Morgan fingerprint density at radius 1 is 1.03 bits per heavy atom. The van der Waals surface area contributed by atoms with Gasteiger partial charge >= 0.3 is 0 Å². The van der Waals surface area contributed by atoms with Gasteiger partial charge in [-0.25, -0.2) is 17.2 Å². The molecule has 0 bridgehead atoms. The van der Waals surface area contributed by atoms with Crippen LogP contribution < -0.4 is 14.8 Å². The minimum Gasteiger partial charge on any atom is -0.494 e. The Morgan fingerprint density at radius 2 is 1.76 bits per heavy atom. The summed E-state index contributed by atoms with van der Waals surface area (Å²) < 4.78 is 61.5. The lowest BCUT2D eigenvalue weighted by Crippen LogP contribution is -2.45. The fourth-order valence-electron chi connectivity index (χ4n) is 3.21. The first kappa shape index (κ1) is 24.3. The molecule has 0 aliphatic rings. The van der Waals surface area contributed by atoms with Crippen LogP contribution in [0.1, 0.15) is 18.1 Å². The Balaban J connectivity index is 1.89. The number of carbonyl (C=O) groups is 1. The first-order valence-corrected chi connectivity index (χ1v) is 11.7. The lowest BCUT2D eigenvalue weighted by atomic mass is 10.1. The number of nitrogens with one attached hydrogen (secondary N) is 2. The average molecular weight is 475 g/mol. The van der Waals surface area contributed by atoms with Crippen molar-refractivity contribution in [2.75, 3.05) is 11.9 Å². The second-order valence-corrected chi connectivity index (χ2v) is 9.05. The van der Waals surface area contributed by atoms with Crippen LogP contribution in [-0.4, -0.2) is 27.0 Å². The van der Waals surface area contributed by atoms with E-state index in [-0.39, 0.29) is 17.0 Å². The van der Waals surface area contributed by atoms with Crippen LogP contribution in [0.5, 0.6) is 5.75 Å². The summed E-state index contributed by atoms with van der Waals surface area (Å²) in [5.74, 6) is -1.85. The van der Waals surface area contributed by atoms with Gasteiger partial charge in [0.05, 0.1) is 17.2 Å². The molecule has 0 aromatic heterocycles. The largest absolute Gasteiger partial charge is 0.494 e. The van der Waals surface area contributed by atoms with E-state index in [0.717, 1.165) is 18.2 Å². The van der Waals surface area contributed by atoms with Gasteiger partial charge in [-0.05, 0) is 61.7 Å². The van der Waals surface area contributed by atoms with Crippen molar-refractivity contribution in [3.05, 3.63) is 89.5 Å². The molecule has 2 N–H and O–H groups in total. The minimum atomic E-state index is -4.12. The summed E-state index contributed by atoms with van der Waals surface area (Å²) >= 11 is 0. The molecule has 3 aromatic carbocycles. The number of rotatable bonds is 9. The molecule has 0 radical (unpaired) electrons. The van der Waals surface area contributed by atoms with E-state index < -0.39 is 33.6 Å². The Morgan fingerprint density at radius 3 is 2.42 bits per heavy atom. The highest BCUT2D eigenvalue weighted by atomic mass is 32.2. The molecule has 3 aromatic rings. The van der Waals surface area contributed by atoms with Gasteiger partial charge in [0.15, 0.2) is 0 Å². The number of halogens is 2. The number of benzene rings is 3. The molecule has 9 heteroatoms. The van der Waals surface area contributed by atoms with Crippen molar-refractivity contribution >= 4 is 21.6 Å². The second kappa shape index (κ2) is 10.5. The zero-order valence-corrected chi connectivity index (χ0v) is 19.0. The highest BCUT2D eigenvalue weighted by Crippen LogP contribution is 2.23. The van der Waals surface area contributed by atoms with Crippen molar-refractivity contribution in [2.45, 2.75) is 31.2 Å². The van der Waals surface area contributed by atoms with Gasteiger partial charge in [-0.2, -0.15) is 4.72 Å². The molecule has 0 fully saturated rings. The summed E-state index contributed by atoms with van der Waals surface area (Å²) in [5.41, 5.74) is 0.919. The van der Waals surface area contributed by atoms with Crippen LogP contribution in [0.4, 0.5) is 14.5 Å². The monoisotopic (exact) mass is 474 g/mol. The summed E-state index contributed by atoms with van der Waals surface area (Å²) in [4.78, 5) is 12.9. The zero-order chi connectivity index (χ0) is 24.0. The minimum absolute atomic E-state index is 0.00114. The van der Waals surface area contributed by atoms with E-state index in [1.54, 1.807) is 43.3 Å². The summed E-state index contributed by atoms with van der Waals surface area (Å²) in [6.45, 7) is 3.96. The molecule has 1 amide bonds. The number of hydrogen-bond donors (Lipinski definition) is 2. The van der Waals surface area contributed by atoms with E-state index in [4.69, 9.17) is 4.74 Å². The second-order valence-electron chi connectivity index (χ2n) is 7.34. The molecule has 3 rings (SSSR count). The molecule has 0 aliphatic heterocycles. The third-order valence-electron chi connectivity index (χ3n) is 4.84. The Kier molecular flexibility index (Phi) is 7.78. The van der Waals surface area contributed by atoms with Gasteiger partial charge in [0, 0.05) is 6.07 Å². The molecule has 1 atom stereocenters. The SMILES string of the molecule is CCOc1ccc(S(=O)(=O)NC(Cc2ccccc2)C(=O)Nc2cc(F)ccc2F)cc1C. The molecular weight excluding hydrogens is 450 g/mol. The van der Waals surface area contributed by atoms with Gasteiger partial charge in [-0.15, -0.1) is 0 Å². The van der Waals surface area contributed by atoms with Gasteiger partial charge < -0.3 is 10.1 Å². The molecule has 0 saturated heterocycles. The summed E-state index contributed by atoms with van der Waals surface area (Å²) in [7, 11) is -4.12. The van der Waals surface area contributed by atoms with Crippen LogP contribution in [-0.2, 0) is 21.2 Å². The third kappa shape index (κ3) is 6.36. The molecule has 174 valence electrons. The number of amides is 1. The highest BCUT2D eigenvalue weighted by molar-refractivity contribution is 7.89. The van der Waals surface area contributed by atoms with Crippen molar-refractivity contribution in [1.29, 1.82) is 0 Å². The first-order valence-electron chi connectivity index (χ1n) is 10.2. The standard InChI is InChI=1S/C24H24F2N2O4S/c1-3-32-23-12-10-19(13-16(23)2)33(30,31)28-22(14-17-7-5-4-6-8-17)24(29)27-21-15-18(25)9-11-20(21)26/h4-13,15,22,28H,3,14H2,1-2H3,(H,27,29). The summed E-state index contributed by atoms with van der Waals surface area (Å²) in [6, 6.07) is 14.5. The van der Waals surface area contributed by atoms with Crippen molar-refractivity contribution in [3.63, 3.8) is 0 Å². The van der Waals surface area contributed by atoms with Gasteiger partial charge in [0.1, 0.15) is 23.4 Å². The van der Waals surface area contributed by atoms with E-state index in [0.29, 0.717) is 23.5 Å². The first-order chi connectivity index (χ1) is 15.7. The fraction of sp³-hybridized carbons (Fsp3) is 0.208. The number of aryl methyl sites for hydroxylation is 1. The third-order valence-corrected chi connectivity index (χ3v) is 6.31. The highest BCUT2D eigenvalue weighted by Gasteiger charge is 2.27. The number of ether oxygens (including phenoxy) is 1. The van der Waals surface area contributed by atoms with Gasteiger partial charge in [0.2, 0.25) is 15.9 Å². The molecular formula is C24H24F2N2O4S. The van der Waals surface area contributed by atoms with Crippen molar-refractivity contribution < 1.29 is 26.7 Å². The normalized spacial score (nSPS) is 12.2. The van der Waals surface area contributed by atoms with E-state index in [9.17, 15) is 22.0 Å². The van der Waals surface area contributed by atoms with E-state index in [2.05, 4.69) is 10.0 Å². The quantitative estimate of drug-likeness (QED) is 0.487. The predicted molar refractivity (Wildman–Crippen MR) is 122 cm³/mol. The fourth-order valence-corrected chi connectivity index (χ4v) is 4.49. The van der Waals surface area contributed by atoms with E-state index in [1.807, 2.05) is 6.92 Å². The zero-order valence-electron chi connectivity index (χ0n) is 18.1. The van der Waals surface area contributed by atoms with Crippen LogP contribution >= 0.6 is 0 Å². The van der Waals surface area contributed by atoms with Gasteiger partial charge in [-0.1, -0.05) is 30.3 Å². The Labute approximate surface area is 191 Å². The van der Waals surface area contributed by atoms with E-state index >= 15 is 0 Å². The Bertz CT molecular complexity index is 1230. The lowest BCUT2D eigenvalue weighted by Gasteiger charge is -2.19. The molecule has 0 saturated carbocycles. The number of carbonyl (C=O) groups excluding carboxylic acids is 1. The van der Waals surface area contributed by atoms with E-state index in [1.165, 1.54) is 12.1 Å². The smallest absolute Gasteiger partial charge is 0.242 e. The maximum absolute atomic E-state index is 14.0. The van der Waals surface area contributed by atoms with Crippen LogP contribution in [0.15, 0.2) is 71.6 Å². The number of anilines is 1. The van der Waals surface area contributed by atoms with Crippen LogP contribution in [0.3, 0.4) is 0 Å². The van der Waals surface area contributed by atoms with Crippen molar-refractivity contribution in [2.24, 2.45) is 0 Å². The maximum Gasteiger partial charge on any atom is 0.242 e. The molecule has 0 spiro atoms. The van der Waals surface area contributed by atoms with Crippen LogP contribution in [0.2, 0.25) is 0 Å². The Hall–Kier alpha value is -3.30. The predicted octanol–water partition coefficient (Wildman–Crippen LogP) is 4.20. The van der Waals surface area contributed by atoms with Crippen LogP contribution in [0, 0.1) is 18.6 Å². The molecule has 0 aliphatic carbocycles. The topological polar surface area (TPSA) is 84.5 Å². The average Bonchev–Trinajstić information content (AvgIpc) is 2.78. The molecule has 0 heterocycles. The van der Waals surface area contributed by atoms with Gasteiger partial charge in [0.25, 0.3) is 0 Å². The number of hydrogen-bond acceptors (Lipinski definition) is 4. The van der Waals surface area contributed by atoms with Crippen molar-refractivity contribution in [3.8, 4) is 5.75 Å².